The van der Waals surface area contributed by atoms with Gasteiger partial charge in [0.15, 0.2) is 5.82 Å². The summed E-state index contributed by atoms with van der Waals surface area (Å²) < 4.78 is 5.21. The Morgan fingerprint density at radius 3 is 2.64 bits per heavy atom. The van der Waals surface area contributed by atoms with Gasteiger partial charge in [-0.25, -0.2) is 14.8 Å². The number of nitrogens with one attached hydrogen (secondary N) is 1. The van der Waals surface area contributed by atoms with E-state index in [1.807, 2.05) is 6.92 Å². The smallest absolute Gasteiger partial charge is 0.336 e. The van der Waals surface area contributed by atoms with E-state index in [0.717, 1.165) is 16.5 Å². The molecular formula is C21H14ClN3O3. The second-order valence-electron chi connectivity index (χ2n) is 6.19. The molecule has 0 bridgehead atoms. The summed E-state index contributed by atoms with van der Waals surface area (Å²) in [6.07, 6.45) is 1.52. The lowest BCUT2D eigenvalue weighted by atomic mass is 10.1. The molecule has 0 aliphatic rings. The van der Waals surface area contributed by atoms with Gasteiger partial charge >= 0.3 is 5.63 Å². The fourth-order valence-corrected chi connectivity index (χ4v) is 2.95. The lowest BCUT2D eigenvalue weighted by Crippen LogP contribution is -2.14. The average molecular weight is 392 g/mol. The van der Waals surface area contributed by atoms with Gasteiger partial charge in [-0.05, 0) is 55.0 Å². The lowest BCUT2D eigenvalue weighted by Gasteiger charge is -2.07. The topological polar surface area (TPSA) is 85.1 Å². The molecule has 2 heterocycles. The van der Waals surface area contributed by atoms with Crippen LogP contribution in [-0.4, -0.2) is 15.9 Å². The van der Waals surface area contributed by atoms with Crippen molar-refractivity contribution in [1.82, 2.24) is 9.97 Å². The van der Waals surface area contributed by atoms with Crippen LogP contribution in [0.3, 0.4) is 0 Å². The SMILES string of the molecule is Cc1cc(=O)oc2cc(NC(=O)c3ccnc(-c4ccc(Cl)cc4)n3)ccc12. The lowest BCUT2D eigenvalue weighted by molar-refractivity contribution is 0.102. The third-order valence-corrected chi connectivity index (χ3v) is 4.45. The molecule has 1 N–H and O–H groups in total. The highest BCUT2D eigenvalue weighted by Gasteiger charge is 2.12. The number of aryl methyl sites for hydroxylation is 1. The first-order valence-electron chi connectivity index (χ1n) is 8.44. The number of aromatic nitrogens is 2. The minimum Gasteiger partial charge on any atom is -0.423 e. The zero-order valence-corrected chi connectivity index (χ0v) is 15.5. The van der Waals surface area contributed by atoms with Crippen molar-refractivity contribution >= 4 is 34.2 Å². The number of carbonyl (C=O) groups excluding carboxylic acids is 1. The summed E-state index contributed by atoms with van der Waals surface area (Å²) in [6, 6.07) is 15.1. The number of hydrogen-bond donors (Lipinski definition) is 1. The summed E-state index contributed by atoms with van der Waals surface area (Å²) in [6.45, 7) is 1.83. The number of anilines is 1. The van der Waals surface area contributed by atoms with E-state index in [4.69, 9.17) is 16.0 Å². The van der Waals surface area contributed by atoms with Gasteiger partial charge in [0.05, 0.1) is 0 Å². The molecule has 0 aliphatic carbocycles. The molecule has 0 fully saturated rings. The van der Waals surface area contributed by atoms with Gasteiger partial charge in [-0.1, -0.05) is 11.6 Å². The maximum absolute atomic E-state index is 12.6. The van der Waals surface area contributed by atoms with Crippen LogP contribution >= 0.6 is 11.6 Å². The number of benzene rings is 2. The van der Waals surface area contributed by atoms with Crippen molar-refractivity contribution in [3.63, 3.8) is 0 Å². The minimum absolute atomic E-state index is 0.214. The average Bonchev–Trinajstić information content (AvgIpc) is 2.68. The molecular weight excluding hydrogens is 378 g/mol. The van der Waals surface area contributed by atoms with Crippen molar-refractivity contribution in [2.24, 2.45) is 0 Å². The monoisotopic (exact) mass is 391 g/mol. The van der Waals surface area contributed by atoms with Crippen molar-refractivity contribution in [3.8, 4) is 11.4 Å². The zero-order chi connectivity index (χ0) is 19.7. The second kappa shape index (κ2) is 7.25. The van der Waals surface area contributed by atoms with E-state index >= 15 is 0 Å². The molecule has 0 saturated heterocycles. The van der Waals surface area contributed by atoms with Crippen LogP contribution in [0.5, 0.6) is 0 Å². The standard InChI is InChI=1S/C21H14ClN3O3/c1-12-10-19(26)28-18-11-15(6-7-16(12)18)24-21(27)17-8-9-23-20(25-17)13-2-4-14(22)5-3-13/h2-11H,1H3,(H,24,27). The quantitative estimate of drug-likeness (QED) is 0.521. The van der Waals surface area contributed by atoms with Gasteiger partial charge in [-0.3, -0.25) is 4.79 Å². The first-order chi connectivity index (χ1) is 13.5. The Morgan fingerprint density at radius 2 is 1.86 bits per heavy atom. The van der Waals surface area contributed by atoms with Crippen LogP contribution in [-0.2, 0) is 0 Å². The van der Waals surface area contributed by atoms with Crippen molar-refractivity contribution in [3.05, 3.63) is 87.5 Å². The van der Waals surface area contributed by atoms with E-state index in [0.29, 0.717) is 22.1 Å². The van der Waals surface area contributed by atoms with E-state index in [1.165, 1.54) is 18.3 Å². The Morgan fingerprint density at radius 1 is 1.07 bits per heavy atom. The molecule has 0 saturated carbocycles. The van der Waals surface area contributed by atoms with E-state index in [2.05, 4.69) is 15.3 Å². The fraction of sp³-hybridized carbons (Fsp3) is 0.0476. The Bertz CT molecular complexity index is 1250. The van der Waals surface area contributed by atoms with Gasteiger partial charge in [0.25, 0.3) is 5.91 Å². The molecule has 0 atom stereocenters. The van der Waals surface area contributed by atoms with Crippen LogP contribution in [0.1, 0.15) is 16.1 Å². The van der Waals surface area contributed by atoms with Gasteiger partial charge < -0.3 is 9.73 Å². The molecule has 28 heavy (non-hydrogen) atoms. The third kappa shape index (κ3) is 3.63. The van der Waals surface area contributed by atoms with Crippen LogP contribution < -0.4 is 10.9 Å². The highest BCUT2D eigenvalue weighted by Crippen LogP contribution is 2.22. The normalized spacial score (nSPS) is 10.8. The van der Waals surface area contributed by atoms with Gasteiger partial charge in [-0.2, -0.15) is 0 Å². The highest BCUT2D eigenvalue weighted by molar-refractivity contribution is 6.30. The van der Waals surface area contributed by atoms with Crippen LogP contribution in [0.25, 0.3) is 22.4 Å². The molecule has 0 aliphatic heterocycles. The number of rotatable bonds is 3. The summed E-state index contributed by atoms with van der Waals surface area (Å²) in [4.78, 5) is 32.7. The second-order valence-corrected chi connectivity index (χ2v) is 6.62. The molecule has 4 rings (SSSR count). The van der Waals surface area contributed by atoms with E-state index < -0.39 is 11.5 Å². The summed E-state index contributed by atoms with van der Waals surface area (Å²) >= 11 is 5.90. The summed E-state index contributed by atoms with van der Waals surface area (Å²) in [7, 11) is 0. The Labute approximate surface area is 164 Å². The Hall–Kier alpha value is -3.51. The zero-order valence-electron chi connectivity index (χ0n) is 14.8. The highest BCUT2D eigenvalue weighted by atomic mass is 35.5. The van der Waals surface area contributed by atoms with E-state index in [1.54, 1.807) is 42.5 Å². The number of halogens is 1. The molecule has 6 nitrogen and oxygen atoms in total. The molecule has 4 aromatic rings. The minimum atomic E-state index is -0.433. The molecule has 1 amide bonds. The van der Waals surface area contributed by atoms with Crippen molar-refractivity contribution < 1.29 is 9.21 Å². The summed E-state index contributed by atoms with van der Waals surface area (Å²) in [5, 5.41) is 4.18. The molecule has 0 radical (unpaired) electrons. The van der Waals surface area contributed by atoms with Crippen LogP contribution in [0, 0.1) is 6.92 Å². The molecule has 7 heteroatoms. The first-order valence-corrected chi connectivity index (χ1v) is 8.82. The van der Waals surface area contributed by atoms with E-state index in [-0.39, 0.29) is 5.69 Å². The molecule has 2 aromatic carbocycles. The van der Waals surface area contributed by atoms with Crippen molar-refractivity contribution in [2.45, 2.75) is 6.92 Å². The van der Waals surface area contributed by atoms with Crippen LogP contribution in [0.2, 0.25) is 5.02 Å². The summed E-state index contributed by atoms with van der Waals surface area (Å²) in [5.41, 5.74) is 2.25. The number of carbonyl (C=O) groups is 1. The van der Waals surface area contributed by atoms with Gasteiger partial charge in [0.1, 0.15) is 11.3 Å². The molecule has 138 valence electrons. The van der Waals surface area contributed by atoms with Crippen molar-refractivity contribution in [2.75, 3.05) is 5.32 Å². The third-order valence-electron chi connectivity index (χ3n) is 4.20. The maximum atomic E-state index is 12.6. The number of amides is 1. The van der Waals surface area contributed by atoms with Crippen molar-refractivity contribution in [1.29, 1.82) is 0 Å². The fourth-order valence-electron chi connectivity index (χ4n) is 2.82. The predicted octanol–water partition coefficient (Wildman–Crippen LogP) is 4.46. The molecule has 0 unspecified atom stereocenters. The van der Waals surface area contributed by atoms with E-state index in [9.17, 15) is 9.59 Å². The van der Waals surface area contributed by atoms with Crippen LogP contribution in [0.15, 0.2) is 70.0 Å². The number of nitrogens with zero attached hydrogens (tertiary/aromatic N) is 2. The number of hydrogen-bond acceptors (Lipinski definition) is 5. The maximum Gasteiger partial charge on any atom is 0.336 e. The van der Waals surface area contributed by atoms with Gasteiger partial charge in [0, 0.05) is 40.0 Å². The van der Waals surface area contributed by atoms with Gasteiger partial charge in [0.2, 0.25) is 0 Å². The Balaban J connectivity index is 1.62. The predicted molar refractivity (Wildman–Crippen MR) is 108 cm³/mol. The summed E-state index contributed by atoms with van der Waals surface area (Å²) in [5.74, 6) is 0.0245. The van der Waals surface area contributed by atoms with Crippen LogP contribution in [0.4, 0.5) is 5.69 Å². The largest absolute Gasteiger partial charge is 0.423 e. The van der Waals surface area contributed by atoms with Gasteiger partial charge in [-0.15, -0.1) is 0 Å². The Kier molecular flexibility index (Phi) is 4.63. The first kappa shape index (κ1) is 17.9. The number of fused-ring (bicyclic) bond motifs is 1. The molecule has 2 aromatic heterocycles. The molecule has 0 spiro atoms.